The maximum absolute atomic E-state index is 12.7. The van der Waals surface area contributed by atoms with E-state index < -0.39 is 22.1 Å². The second kappa shape index (κ2) is 9.35. The van der Waals surface area contributed by atoms with E-state index in [9.17, 15) is 18.0 Å². The first kappa shape index (κ1) is 23.0. The van der Waals surface area contributed by atoms with Crippen molar-refractivity contribution in [3.8, 4) is 5.75 Å². The topological polar surface area (TPSA) is 102 Å². The highest BCUT2D eigenvalue weighted by Crippen LogP contribution is 2.30. The third-order valence-corrected chi connectivity index (χ3v) is 7.18. The van der Waals surface area contributed by atoms with E-state index in [1.54, 1.807) is 55.5 Å². The Labute approximate surface area is 193 Å². The Hall–Kier alpha value is -3.20. The quantitative estimate of drug-likeness (QED) is 0.472. The van der Waals surface area contributed by atoms with Crippen LogP contribution in [0.15, 0.2) is 57.8 Å². The summed E-state index contributed by atoms with van der Waals surface area (Å²) in [6.45, 7) is 4.94. The summed E-state index contributed by atoms with van der Waals surface area (Å²) in [7, 11) is -3.68. The minimum atomic E-state index is -3.68. The van der Waals surface area contributed by atoms with Crippen LogP contribution in [0.5, 0.6) is 5.75 Å². The molecule has 1 saturated heterocycles. The Morgan fingerprint density at radius 1 is 1.09 bits per heavy atom. The molecule has 2 heterocycles. The lowest BCUT2D eigenvalue weighted by Gasteiger charge is -2.32. The molecule has 2 aromatic carbocycles. The molecule has 174 valence electrons. The monoisotopic (exact) mass is 470 g/mol. The van der Waals surface area contributed by atoms with Gasteiger partial charge in [0.25, 0.3) is 10.0 Å². The number of nitrogens with zero attached hydrogens (tertiary/aromatic N) is 2. The van der Waals surface area contributed by atoms with E-state index in [1.807, 2.05) is 11.8 Å². The fourth-order valence-corrected chi connectivity index (χ4v) is 5.31. The van der Waals surface area contributed by atoms with Gasteiger partial charge in [-0.15, -0.1) is 4.40 Å². The molecule has 0 radical (unpaired) electrons. The van der Waals surface area contributed by atoms with E-state index in [-0.39, 0.29) is 16.6 Å². The first-order valence-corrected chi connectivity index (χ1v) is 12.4. The van der Waals surface area contributed by atoms with Gasteiger partial charge in [0, 0.05) is 24.2 Å². The van der Waals surface area contributed by atoms with Crippen molar-refractivity contribution < 1.29 is 27.5 Å². The number of ether oxygens (including phenoxy) is 2. The van der Waals surface area contributed by atoms with Crippen LogP contribution < -0.4 is 4.74 Å². The van der Waals surface area contributed by atoms with E-state index in [4.69, 9.17) is 9.47 Å². The smallest absolute Gasteiger partial charge is 0.309 e. The molecule has 0 bridgehead atoms. The third-order valence-electron chi connectivity index (χ3n) is 5.85. The number of Topliss-reactive ketones (excluding diaryl/α,β-unsaturated/α-hetero) is 1. The second-order valence-corrected chi connectivity index (χ2v) is 9.62. The van der Waals surface area contributed by atoms with Gasteiger partial charge in [-0.1, -0.05) is 12.1 Å². The number of esters is 1. The van der Waals surface area contributed by atoms with E-state index in [2.05, 4.69) is 4.40 Å². The molecule has 0 spiro atoms. The lowest BCUT2D eigenvalue weighted by molar-refractivity contribution is -0.152. The van der Waals surface area contributed by atoms with Crippen LogP contribution in [-0.4, -0.2) is 56.7 Å². The minimum Gasteiger partial charge on any atom is -0.494 e. The van der Waals surface area contributed by atoms with Crippen molar-refractivity contribution in [3.63, 3.8) is 0 Å². The summed E-state index contributed by atoms with van der Waals surface area (Å²) in [4.78, 5) is 27.4. The van der Waals surface area contributed by atoms with Crippen molar-refractivity contribution in [2.24, 2.45) is 10.3 Å². The number of piperidine rings is 1. The molecular weight excluding hydrogens is 444 g/mol. The fraction of sp³-hybridized carbons (Fsp3) is 0.375. The molecule has 0 N–H and O–H groups in total. The van der Waals surface area contributed by atoms with Crippen LogP contribution in [-0.2, 0) is 19.6 Å². The van der Waals surface area contributed by atoms with E-state index in [0.29, 0.717) is 55.3 Å². The van der Waals surface area contributed by atoms with Crippen molar-refractivity contribution in [1.82, 2.24) is 4.90 Å². The van der Waals surface area contributed by atoms with Crippen molar-refractivity contribution in [2.75, 3.05) is 19.7 Å². The molecule has 9 heteroatoms. The highest BCUT2D eigenvalue weighted by molar-refractivity contribution is 7.90. The summed E-state index contributed by atoms with van der Waals surface area (Å²) in [6, 6.07) is 13.5. The number of rotatable bonds is 6. The number of fused-ring (bicyclic) bond motifs is 1. The largest absolute Gasteiger partial charge is 0.494 e. The first-order chi connectivity index (χ1) is 15.8. The lowest BCUT2D eigenvalue weighted by Crippen LogP contribution is -2.41. The molecule has 0 saturated carbocycles. The molecule has 0 amide bonds. The Balaban J connectivity index is 1.34. The number of sulfonamides is 1. The summed E-state index contributed by atoms with van der Waals surface area (Å²) >= 11 is 0. The van der Waals surface area contributed by atoms with Crippen LogP contribution in [0.3, 0.4) is 0 Å². The summed E-state index contributed by atoms with van der Waals surface area (Å²) in [5, 5.41) is 0. The maximum atomic E-state index is 12.7. The average Bonchev–Trinajstić information content (AvgIpc) is 3.10. The normalized spacial score (nSPS) is 18.2. The van der Waals surface area contributed by atoms with Crippen LogP contribution in [0.25, 0.3) is 0 Å². The number of carbonyl (C=O) groups is 2. The van der Waals surface area contributed by atoms with Crippen molar-refractivity contribution in [3.05, 3.63) is 59.7 Å². The van der Waals surface area contributed by atoms with Crippen molar-refractivity contribution in [1.29, 1.82) is 0 Å². The summed E-state index contributed by atoms with van der Waals surface area (Å²) in [5.41, 5.74) is 1.04. The van der Waals surface area contributed by atoms with Gasteiger partial charge < -0.3 is 14.4 Å². The van der Waals surface area contributed by atoms with Gasteiger partial charge in [0.15, 0.2) is 11.9 Å². The van der Waals surface area contributed by atoms with Crippen LogP contribution in [0, 0.1) is 5.92 Å². The molecule has 8 nitrogen and oxygen atoms in total. The average molecular weight is 471 g/mol. The Kier molecular flexibility index (Phi) is 6.51. The number of hydrogen-bond donors (Lipinski definition) is 0. The van der Waals surface area contributed by atoms with Crippen LogP contribution in [0.1, 0.15) is 42.6 Å². The SMILES string of the molecule is CCOc1ccc(C(=O)[C@@H](C)OC(=O)C2CCN(C3=NS(=O)(=O)c4ccccc43)CC2)cc1. The first-order valence-electron chi connectivity index (χ1n) is 11.0. The molecule has 1 fully saturated rings. The maximum Gasteiger partial charge on any atom is 0.309 e. The van der Waals surface area contributed by atoms with Gasteiger partial charge in [0.2, 0.25) is 5.78 Å². The highest BCUT2D eigenvalue weighted by atomic mass is 32.2. The van der Waals surface area contributed by atoms with Gasteiger partial charge in [-0.05, 0) is 63.1 Å². The predicted molar refractivity (Wildman–Crippen MR) is 122 cm³/mol. The third kappa shape index (κ3) is 4.78. The van der Waals surface area contributed by atoms with Gasteiger partial charge >= 0.3 is 5.97 Å². The van der Waals surface area contributed by atoms with Crippen LogP contribution >= 0.6 is 0 Å². The summed E-state index contributed by atoms with van der Waals surface area (Å²) in [5.74, 6) is 0.0590. The molecule has 0 aromatic heterocycles. The van der Waals surface area contributed by atoms with Gasteiger partial charge in [0.1, 0.15) is 10.6 Å². The Morgan fingerprint density at radius 3 is 2.42 bits per heavy atom. The van der Waals surface area contributed by atoms with Crippen LogP contribution in [0.4, 0.5) is 0 Å². The standard InChI is InChI=1S/C24H26N2O6S/c1-3-31-19-10-8-17(9-11-19)22(27)16(2)32-24(28)18-12-14-26(15-13-18)23-20-6-4-5-7-21(20)33(29,30)25-23/h4-11,16,18H,3,12-15H2,1-2H3/t16-/m1/s1. The van der Waals surface area contributed by atoms with Gasteiger partial charge in [-0.25, -0.2) is 0 Å². The number of amidine groups is 1. The summed E-state index contributed by atoms with van der Waals surface area (Å²) < 4.78 is 39.4. The number of carbonyl (C=O) groups excluding carboxylic acids is 2. The zero-order valence-corrected chi connectivity index (χ0v) is 19.4. The Morgan fingerprint density at radius 2 is 1.76 bits per heavy atom. The number of benzene rings is 2. The second-order valence-electron chi connectivity index (χ2n) is 8.05. The molecule has 2 aliphatic rings. The van der Waals surface area contributed by atoms with Gasteiger partial charge in [-0.3, -0.25) is 9.59 Å². The number of hydrogen-bond acceptors (Lipinski definition) is 7. The van der Waals surface area contributed by atoms with Gasteiger partial charge in [0.05, 0.1) is 12.5 Å². The fourth-order valence-electron chi connectivity index (χ4n) is 4.08. The Bertz CT molecular complexity index is 1180. The zero-order chi connectivity index (χ0) is 23.6. The summed E-state index contributed by atoms with van der Waals surface area (Å²) in [6.07, 6.45) is 0.0818. The molecule has 4 rings (SSSR count). The molecule has 0 unspecified atom stereocenters. The molecule has 2 aromatic rings. The van der Waals surface area contributed by atoms with Crippen molar-refractivity contribution in [2.45, 2.75) is 37.7 Å². The number of likely N-dealkylation sites (tertiary alicyclic amines) is 1. The molecular formula is C24H26N2O6S. The molecule has 0 aliphatic carbocycles. The van der Waals surface area contributed by atoms with Crippen LogP contribution in [0.2, 0.25) is 0 Å². The minimum absolute atomic E-state index is 0.211. The molecule has 33 heavy (non-hydrogen) atoms. The predicted octanol–water partition coefficient (Wildman–Crippen LogP) is 3.06. The van der Waals surface area contributed by atoms with Gasteiger partial charge in [-0.2, -0.15) is 8.42 Å². The van der Waals surface area contributed by atoms with E-state index in [1.165, 1.54) is 0 Å². The van der Waals surface area contributed by atoms with Crippen molar-refractivity contribution >= 4 is 27.6 Å². The molecule has 1 atom stereocenters. The molecule has 2 aliphatic heterocycles. The number of ketones is 1. The lowest BCUT2D eigenvalue weighted by atomic mass is 9.96. The van der Waals surface area contributed by atoms with E-state index in [0.717, 1.165) is 0 Å². The highest BCUT2D eigenvalue weighted by Gasteiger charge is 2.35. The zero-order valence-electron chi connectivity index (χ0n) is 18.6. The van der Waals surface area contributed by atoms with E-state index >= 15 is 0 Å².